The molecule has 21 heavy (non-hydrogen) atoms. The molecular weight excluding hydrogens is 274 g/mol. The third-order valence-corrected chi connectivity index (χ3v) is 3.11. The molecule has 0 amide bonds. The van der Waals surface area contributed by atoms with Gasteiger partial charge >= 0.3 is 6.61 Å². The van der Waals surface area contributed by atoms with E-state index in [1.165, 1.54) is 29.8 Å². The summed E-state index contributed by atoms with van der Waals surface area (Å²) in [6.45, 7) is -2.85. The fourth-order valence-corrected chi connectivity index (χ4v) is 2.06. The predicted molar refractivity (Wildman–Crippen MR) is 76.8 cm³/mol. The first-order chi connectivity index (χ1) is 10.1. The van der Waals surface area contributed by atoms with Crippen LogP contribution in [0.25, 0.3) is 0 Å². The summed E-state index contributed by atoms with van der Waals surface area (Å²) in [4.78, 5) is 12.0. The second kappa shape index (κ2) is 7.53. The van der Waals surface area contributed by atoms with Crippen LogP contribution in [0.2, 0.25) is 0 Å². The second-order valence-corrected chi connectivity index (χ2v) is 4.67. The zero-order valence-electron chi connectivity index (χ0n) is 11.5. The van der Waals surface area contributed by atoms with E-state index in [1.807, 2.05) is 30.3 Å². The summed E-state index contributed by atoms with van der Waals surface area (Å²) in [6.07, 6.45) is 2.04. The van der Waals surface area contributed by atoms with Gasteiger partial charge in [0.25, 0.3) is 0 Å². The van der Waals surface area contributed by atoms with Crippen LogP contribution in [0.4, 0.5) is 8.78 Å². The Balaban J connectivity index is 1.83. The molecular formula is C17H16F2O2. The van der Waals surface area contributed by atoms with Crippen molar-refractivity contribution in [2.24, 2.45) is 0 Å². The molecule has 0 radical (unpaired) electrons. The Hall–Kier alpha value is -2.23. The number of ketones is 1. The van der Waals surface area contributed by atoms with Gasteiger partial charge < -0.3 is 4.74 Å². The summed E-state index contributed by atoms with van der Waals surface area (Å²) in [7, 11) is 0. The molecule has 0 aliphatic rings. The lowest BCUT2D eigenvalue weighted by Crippen LogP contribution is -2.03. The van der Waals surface area contributed by atoms with Crippen molar-refractivity contribution in [3.63, 3.8) is 0 Å². The number of benzene rings is 2. The van der Waals surface area contributed by atoms with Gasteiger partial charge in [-0.1, -0.05) is 30.3 Å². The lowest BCUT2D eigenvalue weighted by Gasteiger charge is -2.05. The number of rotatable bonds is 7. The Labute approximate surface area is 122 Å². The number of carbonyl (C=O) groups is 1. The summed E-state index contributed by atoms with van der Waals surface area (Å²) in [5.41, 5.74) is 1.72. The van der Waals surface area contributed by atoms with Gasteiger partial charge in [0.05, 0.1) is 0 Å². The Morgan fingerprint density at radius 1 is 1.00 bits per heavy atom. The average Bonchev–Trinajstić information content (AvgIpc) is 2.48. The highest BCUT2D eigenvalue weighted by Gasteiger charge is 2.08. The quantitative estimate of drug-likeness (QED) is 0.702. The minimum atomic E-state index is -2.85. The number of alkyl halides is 2. The topological polar surface area (TPSA) is 26.3 Å². The molecule has 0 bridgehead atoms. The van der Waals surface area contributed by atoms with Gasteiger partial charge in [0, 0.05) is 12.0 Å². The number of hydrogen-bond acceptors (Lipinski definition) is 2. The third kappa shape index (κ3) is 4.99. The first kappa shape index (κ1) is 15.2. The van der Waals surface area contributed by atoms with Crippen molar-refractivity contribution in [3.8, 4) is 5.75 Å². The Bertz CT molecular complexity index is 565. The van der Waals surface area contributed by atoms with E-state index in [0.29, 0.717) is 12.0 Å². The molecule has 0 aliphatic carbocycles. The van der Waals surface area contributed by atoms with E-state index in [1.54, 1.807) is 0 Å². The maximum atomic E-state index is 12.0. The SMILES string of the molecule is O=C(CCCc1ccccc1)c1ccc(OC(F)F)cc1. The second-order valence-electron chi connectivity index (χ2n) is 4.67. The fourth-order valence-electron chi connectivity index (χ4n) is 2.06. The van der Waals surface area contributed by atoms with Crippen molar-refractivity contribution >= 4 is 5.78 Å². The standard InChI is InChI=1S/C17H16F2O2/c18-17(19)21-15-11-9-14(10-12-15)16(20)8-4-7-13-5-2-1-3-6-13/h1-3,5-6,9-12,17H,4,7-8H2. The first-order valence-corrected chi connectivity index (χ1v) is 6.77. The van der Waals surface area contributed by atoms with Crippen LogP contribution in [0.1, 0.15) is 28.8 Å². The van der Waals surface area contributed by atoms with Crippen molar-refractivity contribution in [1.29, 1.82) is 0 Å². The van der Waals surface area contributed by atoms with Crippen molar-refractivity contribution < 1.29 is 18.3 Å². The van der Waals surface area contributed by atoms with Crippen LogP contribution in [-0.2, 0) is 6.42 Å². The summed E-state index contributed by atoms with van der Waals surface area (Å²) >= 11 is 0. The maximum absolute atomic E-state index is 12.0. The number of ether oxygens (including phenoxy) is 1. The molecule has 0 aliphatic heterocycles. The normalized spacial score (nSPS) is 10.6. The molecule has 0 atom stereocenters. The van der Waals surface area contributed by atoms with Crippen LogP contribution in [0.3, 0.4) is 0 Å². The van der Waals surface area contributed by atoms with Crippen molar-refractivity contribution in [3.05, 3.63) is 65.7 Å². The largest absolute Gasteiger partial charge is 0.435 e. The van der Waals surface area contributed by atoms with Gasteiger partial charge in [-0.2, -0.15) is 8.78 Å². The van der Waals surface area contributed by atoms with Crippen molar-refractivity contribution in [2.75, 3.05) is 0 Å². The van der Waals surface area contributed by atoms with Crippen LogP contribution in [-0.4, -0.2) is 12.4 Å². The monoisotopic (exact) mass is 290 g/mol. The highest BCUT2D eigenvalue weighted by atomic mass is 19.3. The molecule has 4 heteroatoms. The van der Waals surface area contributed by atoms with Crippen molar-refractivity contribution in [1.82, 2.24) is 0 Å². The maximum Gasteiger partial charge on any atom is 0.387 e. The number of halogens is 2. The van der Waals surface area contributed by atoms with Crippen LogP contribution in [0.15, 0.2) is 54.6 Å². The molecule has 0 saturated carbocycles. The average molecular weight is 290 g/mol. The van der Waals surface area contributed by atoms with E-state index < -0.39 is 6.61 Å². The molecule has 2 aromatic rings. The lowest BCUT2D eigenvalue weighted by atomic mass is 10.0. The van der Waals surface area contributed by atoms with Crippen LogP contribution in [0.5, 0.6) is 5.75 Å². The van der Waals surface area contributed by atoms with Crippen LogP contribution >= 0.6 is 0 Å². The minimum absolute atomic E-state index is 0.00882. The first-order valence-electron chi connectivity index (χ1n) is 6.77. The highest BCUT2D eigenvalue weighted by molar-refractivity contribution is 5.96. The summed E-state index contributed by atoms with van der Waals surface area (Å²) < 4.78 is 28.3. The molecule has 2 rings (SSSR count). The lowest BCUT2D eigenvalue weighted by molar-refractivity contribution is -0.0498. The van der Waals surface area contributed by atoms with Gasteiger partial charge in [-0.25, -0.2) is 0 Å². The van der Waals surface area contributed by atoms with Gasteiger partial charge in [-0.15, -0.1) is 0 Å². The van der Waals surface area contributed by atoms with Crippen LogP contribution in [0, 0.1) is 0 Å². The van der Waals surface area contributed by atoms with E-state index in [4.69, 9.17) is 0 Å². The Morgan fingerprint density at radius 2 is 1.67 bits per heavy atom. The van der Waals surface area contributed by atoms with E-state index in [2.05, 4.69) is 4.74 Å². The van der Waals surface area contributed by atoms with Gasteiger partial charge in [-0.3, -0.25) is 4.79 Å². The zero-order chi connectivity index (χ0) is 15.1. The molecule has 110 valence electrons. The summed E-state index contributed by atoms with van der Waals surface area (Å²) in [5.74, 6) is 0.0698. The molecule has 0 heterocycles. The molecule has 0 unspecified atom stereocenters. The number of hydrogen-bond donors (Lipinski definition) is 0. The number of Topliss-reactive ketones (excluding diaryl/α,β-unsaturated/α-hetero) is 1. The number of aryl methyl sites for hydroxylation is 1. The van der Waals surface area contributed by atoms with Gasteiger partial charge in [0.15, 0.2) is 5.78 Å². The number of carbonyl (C=O) groups excluding carboxylic acids is 1. The highest BCUT2D eigenvalue weighted by Crippen LogP contribution is 2.16. The molecule has 0 aromatic heterocycles. The van der Waals surface area contributed by atoms with Crippen molar-refractivity contribution in [2.45, 2.75) is 25.9 Å². The summed E-state index contributed by atoms with van der Waals surface area (Å²) in [6, 6.07) is 15.8. The van der Waals surface area contributed by atoms with Gasteiger partial charge in [0.1, 0.15) is 5.75 Å². The summed E-state index contributed by atoms with van der Waals surface area (Å²) in [5, 5.41) is 0. The third-order valence-electron chi connectivity index (χ3n) is 3.11. The molecule has 0 fully saturated rings. The Morgan fingerprint density at radius 3 is 2.29 bits per heavy atom. The van der Waals surface area contributed by atoms with Crippen LogP contribution < -0.4 is 4.74 Å². The molecule has 0 N–H and O–H groups in total. The van der Waals surface area contributed by atoms with E-state index in [0.717, 1.165) is 12.8 Å². The Kier molecular flexibility index (Phi) is 5.43. The minimum Gasteiger partial charge on any atom is -0.435 e. The van der Waals surface area contributed by atoms with Gasteiger partial charge in [0.2, 0.25) is 0 Å². The molecule has 2 aromatic carbocycles. The smallest absolute Gasteiger partial charge is 0.387 e. The zero-order valence-corrected chi connectivity index (χ0v) is 11.5. The molecule has 0 spiro atoms. The van der Waals surface area contributed by atoms with E-state index >= 15 is 0 Å². The fraction of sp³-hybridized carbons (Fsp3) is 0.235. The molecule has 0 saturated heterocycles. The predicted octanol–water partition coefficient (Wildman–Crippen LogP) is 4.49. The molecule has 2 nitrogen and oxygen atoms in total. The van der Waals surface area contributed by atoms with E-state index in [9.17, 15) is 13.6 Å². The van der Waals surface area contributed by atoms with Gasteiger partial charge in [-0.05, 0) is 42.7 Å². The van der Waals surface area contributed by atoms with E-state index in [-0.39, 0.29) is 11.5 Å².